The second-order valence-electron chi connectivity index (χ2n) is 3.91. The molecular formula is C12H13ClN3O3+. The first-order chi connectivity index (χ1) is 9.06. The van der Waals surface area contributed by atoms with Crippen molar-refractivity contribution >= 4 is 34.1 Å². The molecule has 0 atom stereocenters. The van der Waals surface area contributed by atoms with Crippen LogP contribution in [0.3, 0.4) is 0 Å². The SMILES string of the molecule is CNC(=O)Cn1ccc2c([N+](=O)OC)cc(Cl)cc21. The minimum Gasteiger partial charge on any atom is -0.358 e. The minimum absolute atomic E-state index is 0.134. The van der Waals surface area contributed by atoms with Gasteiger partial charge in [-0.25, -0.2) is 4.84 Å². The average molecular weight is 283 g/mol. The van der Waals surface area contributed by atoms with Gasteiger partial charge in [-0.1, -0.05) is 11.6 Å². The summed E-state index contributed by atoms with van der Waals surface area (Å²) in [6.45, 7) is 0.158. The van der Waals surface area contributed by atoms with Gasteiger partial charge >= 0.3 is 5.69 Å². The predicted molar refractivity (Wildman–Crippen MR) is 71.3 cm³/mol. The standard InChI is InChI=1S/C12H12ClN3O3/c1-14-12(17)7-15-4-3-9-10(15)5-8(13)6-11(9)16(18)19-2/h3-6H,7H2,1-2H3/p+1. The molecule has 1 heterocycles. The lowest BCUT2D eigenvalue weighted by molar-refractivity contribution is -0.735. The molecule has 19 heavy (non-hydrogen) atoms. The number of fused-ring (bicyclic) bond motifs is 1. The van der Waals surface area contributed by atoms with E-state index in [1.807, 2.05) is 0 Å². The maximum atomic E-state index is 11.6. The van der Waals surface area contributed by atoms with Crippen LogP contribution in [0.25, 0.3) is 10.9 Å². The van der Waals surface area contributed by atoms with Gasteiger partial charge in [0.15, 0.2) is 7.11 Å². The number of benzene rings is 1. The van der Waals surface area contributed by atoms with Crippen LogP contribution in [0.1, 0.15) is 0 Å². The highest BCUT2D eigenvalue weighted by Gasteiger charge is 2.22. The highest BCUT2D eigenvalue weighted by atomic mass is 35.5. The Hall–Kier alpha value is -2.08. The highest BCUT2D eigenvalue weighted by molar-refractivity contribution is 6.31. The van der Waals surface area contributed by atoms with Crippen molar-refractivity contribution in [3.05, 3.63) is 34.3 Å². The topological polar surface area (TPSA) is 63.3 Å². The number of halogens is 1. The Labute approximate surface area is 114 Å². The van der Waals surface area contributed by atoms with Crippen molar-refractivity contribution in [1.82, 2.24) is 9.88 Å². The van der Waals surface area contributed by atoms with Gasteiger partial charge in [-0.2, -0.15) is 0 Å². The van der Waals surface area contributed by atoms with Crippen LogP contribution in [0.5, 0.6) is 0 Å². The molecule has 0 saturated carbocycles. The van der Waals surface area contributed by atoms with E-state index in [4.69, 9.17) is 11.6 Å². The van der Waals surface area contributed by atoms with E-state index in [1.54, 1.807) is 29.9 Å². The Morgan fingerprint density at radius 3 is 2.89 bits per heavy atom. The molecule has 0 bridgehead atoms. The first-order valence-corrected chi connectivity index (χ1v) is 5.95. The number of nitrogens with zero attached hydrogens (tertiary/aromatic N) is 2. The lowest BCUT2D eigenvalue weighted by Gasteiger charge is -2.04. The van der Waals surface area contributed by atoms with Gasteiger partial charge in [0, 0.05) is 24.3 Å². The molecule has 0 radical (unpaired) electrons. The molecule has 6 nitrogen and oxygen atoms in total. The molecule has 0 saturated heterocycles. The monoisotopic (exact) mass is 282 g/mol. The minimum atomic E-state index is -0.134. The van der Waals surface area contributed by atoms with Gasteiger partial charge < -0.3 is 9.88 Å². The zero-order valence-corrected chi connectivity index (χ0v) is 11.3. The van der Waals surface area contributed by atoms with Gasteiger partial charge in [0.25, 0.3) is 4.92 Å². The van der Waals surface area contributed by atoms with Crippen molar-refractivity contribution in [2.24, 2.45) is 0 Å². The van der Waals surface area contributed by atoms with Crippen LogP contribution in [-0.4, -0.2) is 29.6 Å². The van der Waals surface area contributed by atoms with Gasteiger partial charge in [0.05, 0.1) is 15.8 Å². The fourth-order valence-corrected chi connectivity index (χ4v) is 2.07. The van der Waals surface area contributed by atoms with Crippen LogP contribution in [0, 0.1) is 4.91 Å². The number of amides is 1. The zero-order valence-electron chi connectivity index (χ0n) is 10.5. The molecule has 0 unspecified atom stereocenters. The fourth-order valence-electron chi connectivity index (χ4n) is 1.86. The van der Waals surface area contributed by atoms with Gasteiger partial charge in [-0.15, -0.1) is 0 Å². The third-order valence-electron chi connectivity index (χ3n) is 2.79. The van der Waals surface area contributed by atoms with Crippen molar-refractivity contribution in [2.75, 3.05) is 14.2 Å². The molecule has 2 rings (SSSR count). The van der Waals surface area contributed by atoms with Crippen LogP contribution in [0.2, 0.25) is 5.02 Å². The Kier molecular flexibility index (Phi) is 3.71. The second kappa shape index (κ2) is 5.27. The van der Waals surface area contributed by atoms with Gasteiger partial charge in [0.2, 0.25) is 5.91 Å². The van der Waals surface area contributed by atoms with Crippen LogP contribution in [0.4, 0.5) is 5.69 Å². The normalized spacial score (nSPS) is 10.5. The lowest BCUT2D eigenvalue weighted by atomic mass is 10.2. The Morgan fingerprint density at radius 1 is 1.53 bits per heavy atom. The zero-order chi connectivity index (χ0) is 14.0. The van der Waals surface area contributed by atoms with Gasteiger partial charge in [-0.05, 0) is 12.1 Å². The molecule has 0 aliphatic heterocycles. The molecule has 7 heteroatoms. The summed E-state index contributed by atoms with van der Waals surface area (Å²) in [5.41, 5.74) is 1.00. The van der Waals surface area contributed by atoms with Crippen LogP contribution >= 0.6 is 11.6 Å². The number of likely N-dealkylation sites (N-methyl/N-ethyl adjacent to an activating group) is 1. The Morgan fingerprint density at radius 2 is 2.26 bits per heavy atom. The Bertz CT molecular complexity index is 651. The lowest BCUT2D eigenvalue weighted by Crippen LogP contribution is -2.22. The molecule has 1 amide bonds. The molecule has 0 spiro atoms. The smallest absolute Gasteiger partial charge is 0.327 e. The van der Waals surface area contributed by atoms with E-state index in [-0.39, 0.29) is 12.5 Å². The van der Waals surface area contributed by atoms with Crippen molar-refractivity contribution in [3.63, 3.8) is 0 Å². The number of carbonyl (C=O) groups is 1. The summed E-state index contributed by atoms with van der Waals surface area (Å²) in [7, 11) is 2.85. The highest BCUT2D eigenvalue weighted by Crippen LogP contribution is 2.30. The quantitative estimate of drug-likeness (QED) is 0.873. The molecule has 1 aromatic carbocycles. The summed E-state index contributed by atoms with van der Waals surface area (Å²) < 4.78 is 1.72. The third-order valence-corrected chi connectivity index (χ3v) is 3.01. The third kappa shape index (κ3) is 2.53. The summed E-state index contributed by atoms with van der Waals surface area (Å²) in [5, 5.41) is 3.61. The van der Waals surface area contributed by atoms with Crippen molar-refractivity contribution in [1.29, 1.82) is 0 Å². The van der Waals surface area contributed by atoms with E-state index < -0.39 is 0 Å². The van der Waals surface area contributed by atoms with Crippen LogP contribution in [-0.2, 0) is 16.2 Å². The molecule has 1 aromatic heterocycles. The van der Waals surface area contributed by atoms with Crippen LogP contribution in [0.15, 0.2) is 24.4 Å². The van der Waals surface area contributed by atoms with Crippen molar-refractivity contribution in [3.8, 4) is 0 Å². The van der Waals surface area contributed by atoms with Crippen molar-refractivity contribution in [2.45, 2.75) is 6.54 Å². The summed E-state index contributed by atoms with van der Waals surface area (Å²) in [6.07, 6.45) is 1.73. The molecule has 0 fully saturated rings. The number of hydrogen-bond donors (Lipinski definition) is 1. The molecular weight excluding hydrogens is 270 g/mol. The summed E-state index contributed by atoms with van der Waals surface area (Å²) in [6, 6.07) is 4.96. The maximum Gasteiger partial charge on any atom is 0.327 e. The van der Waals surface area contributed by atoms with Crippen LogP contribution < -0.4 is 5.32 Å². The first kappa shape index (κ1) is 13.4. The molecule has 0 aliphatic rings. The molecule has 1 N–H and O–H groups in total. The van der Waals surface area contributed by atoms with Gasteiger partial charge in [0.1, 0.15) is 6.54 Å². The fraction of sp³-hybridized carbons (Fsp3) is 0.250. The molecule has 100 valence electrons. The molecule has 0 aliphatic carbocycles. The average Bonchev–Trinajstić information content (AvgIpc) is 2.79. The van der Waals surface area contributed by atoms with E-state index in [9.17, 15) is 9.70 Å². The predicted octanol–water partition coefficient (Wildman–Crippen LogP) is 2.01. The Balaban J connectivity index is 2.57. The summed E-state index contributed by atoms with van der Waals surface area (Å²) in [4.78, 5) is 28.1. The van der Waals surface area contributed by atoms with E-state index in [0.29, 0.717) is 26.5 Å². The number of rotatable bonds is 4. The summed E-state index contributed by atoms with van der Waals surface area (Å²) >= 11 is 5.99. The van der Waals surface area contributed by atoms with Crippen molar-refractivity contribution < 1.29 is 14.6 Å². The van der Waals surface area contributed by atoms with E-state index in [2.05, 4.69) is 10.2 Å². The van der Waals surface area contributed by atoms with E-state index in [1.165, 1.54) is 13.2 Å². The number of hydrogen-bond acceptors (Lipinski definition) is 3. The largest absolute Gasteiger partial charge is 0.358 e. The maximum absolute atomic E-state index is 11.6. The molecule has 2 aromatic rings. The second-order valence-corrected chi connectivity index (χ2v) is 4.35. The van der Waals surface area contributed by atoms with E-state index in [0.717, 1.165) is 0 Å². The number of aromatic nitrogens is 1. The first-order valence-electron chi connectivity index (χ1n) is 5.57. The van der Waals surface area contributed by atoms with E-state index >= 15 is 0 Å². The number of carbonyl (C=O) groups excluding carboxylic acids is 1. The van der Waals surface area contributed by atoms with Gasteiger partial charge in [-0.3, -0.25) is 4.79 Å². The summed E-state index contributed by atoms with van der Waals surface area (Å²) in [5.74, 6) is -0.134. The number of nitrogens with one attached hydrogen (secondary N) is 1.